The molecule has 100 valence electrons. The van der Waals surface area contributed by atoms with Crippen LogP contribution < -0.4 is 11.0 Å². The maximum atomic E-state index is 11.9. The molecule has 0 spiro atoms. The molecular formula is C12H20N4O2. The van der Waals surface area contributed by atoms with Gasteiger partial charge in [0.25, 0.3) is 0 Å². The molecule has 0 aromatic carbocycles. The molecule has 1 aliphatic carbocycles. The molecule has 0 unspecified atom stereocenters. The van der Waals surface area contributed by atoms with Crippen molar-refractivity contribution in [3.8, 4) is 0 Å². The molecule has 1 saturated heterocycles. The zero-order chi connectivity index (χ0) is 12.5. The summed E-state index contributed by atoms with van der Waals surface area (Å²) in [6.45, 7) is 0.580. The fourth-order valence-electron chi connectivity index (χ4n) is 3.17. The molecular weight excluding hydrogens is 232 g/mol. The maximum absolute atomic E-state index is 11.9. The molecule has 1 aliphatic heterocycles. The lowest BCUT2D eigenvalue weighted by molar-refractivity contribution is 0.192. The number of H-pyrrole nitrogens is 1. The van der Waals surface area contributed by atoms with Gasteiger partial charge in [0, 0.05) is 12.6 Å². The number of rotatable bonds is 2. The van der Waals surface area contributed by atoms with Crippen LogP contribution in [0.15, 0.2) is 4.79 Å². The molecule has 2 aliphatic rings. The number of β-amino-alcohol motifs (C(OH)–C–C–N with tert-alkyl or cyclic N) is 1. The Morgan fingerprint density at radius 2 is 2.06 bits per heavy atom. The van der Waals surface area contributed by atoms with Crippen molar-refractivity contribution < 1.29 is 5.11 Å². The molecule has 2 heterocycles. The highest BCUT2D eigenvalue weighted by molar-refractivity contribution is 5.02. The SMILES string of the molecule is O=c1[nH]nc([C@@H]2C[C@@H](O)CN2)n1C1CCCCC1. The Hall–Kier alpha value is -1.14. The van der Waals surface area contributed by atoms with Crippen LogP contribution in [0.2, 0.25) is 0 Å². The Labute approximate surface area is 105 Å². The van der Waals surface area contributed by atoms with Crippen molar-refractivity contribution in [3.63, 3.8) is 0 Å². The third-order valence-corrected chi connectivity index (χ3v) is 4.09. The number of nitrogens with zero attached hydrogens (tertiary/aromatic N) is 2. The van der Waals surface area contributed by atoms with E-state index in [4.69, 9.17) is 0 Å². The van der Waals surface area contributed by atoms with Crippen molar-refractivity contribution in [2.24, 2.45) is 0 Å². The topological polar surface area (TPSA) is 82.9 Å². The average Bonchev–Trinajstić information content (AvgIpc) is 2.96. The van der Waals surface area contributed by atoms with E-state index in [-0.39, 0.29) is 23.9 Å². The van der Waals surface area contributed by atoms with E-state index in [0.29, 0.717) is 13.0 Å². The molecule has 1 saturated carbocycles. The summed E-state index contributed by atoms with van der Waals surface area (Å²) in [5, 5.41) is 19.5. The minimum absolute atomic E-state index is 0.000812. The highest BCUT2D eigenvalue weighted by Crippen LogP contribution is 2.30. The van der Waals surface area contributed by atoms with Crippen LogP contribution in [0.1, 0.15) is 56.4 Å². The molecule has 0 radical (unpaired) electrons. The molecule has 18 heavy (non-hydrogen) atoms. The van der Waals surface area contributed by atoms with E-state index < -0.39 is 0 Å². The first-order chi connectivity index (χ1) is 8.75. The summed E-state index contributed by atoms with van der Waals surface area (Å²) in [6, 6.07) is 0.278. The standard InChI is InChI=1S/C12H20N4O2/c17-9-6-10(13-7-9)11-14-15-12(18)16(11)8-4-2-1-3-5-8/h8-10,13,17H,1-7H2,(H,15,18)/t9-,10+/m1/s1. The van der Waals surface area contributed by atoms with E-state index in [2.05, 4.69) is 15.5 Å². The third-order valence-electron chi connectivity index (χ3n) is 4.09. The van der Waals surface area contributed by atoms with Crippen molar-refractivity contribution in [2.75, 3.05) is 6.54 Å². The van der Waals surface area contributed by atoms with Crippen LogP contribution in [0.25, 0.3) is 0 Å². The molecule has 1 aromatic rings. The monoisotopic (exact) mass is 252 g/mol. The van der Waals surface area contributed by atoms with E-state index >= 15 is 0 Å². The Kier molecular flexibility index (Phi) is 3.22. The lowest BCUT2D eigenvalue weighted by Gasteiger charge is -2.24. The lowest BCUT2D eigenvalue weighted by Crippen LogP contribution is -2.28. The van der Waals surface area contributed by atoms with Crippen LogP contribution in [0.5, 0.6) is 0 Å². The van der Waals surface area contributed by atoms with Gasteiger partial charge in [-0.2, -0.15) is 5.10 Å². The minimum Gasteiger partial charge on any atom is -0.392 e. The summed E-state index contributed by atoms with van der Waals surface area (Å²) in [5.74, 6) is 0.767. The summed E-state index contributed by atoms with van der Waals surface area (Å²) >= 11 is 0. The van der Waals surface area contributed by atoms with Crippen LogP contribution in [-0.2, 0) is 0 Å². The Balaban J connectivity index is 1.88. The number of aromatic nitrogens is 3. The first-order valence-electron chi connectivity index (χ1n) is 6.84. The second-order valence-corrected chi connectivity index (χ2v) is 5.40. The van der Waals surface area contributed by atoms with E-state index in [9.17, 15) is 9.90 Å². The quantitative estimate of drug-likeness (QED) is 0.714. The largest absolute Gasteiger partial charge is 0.392 e. The second kappa shape index (κ2) is 4.85. The van der Waals surface area contributed by atoms with Gasteiger partial charge in [0.2, 0.25) is 0 Å². The van der Waals surface area contributed by atoms with Crippen molar-refractivity contribution in [1.29, 1.82) is 0 Å². The first kappa shape index (κ1) is 11.9. The van der Waals surface area contributed by atoms with Gasteiger partial charge in [0.05, 0.1) is 12.1 Å². The first-order valence-corrected chi connectivity index (χ1v) is 6.84. The normalized spacial score (nSPS) is 29.8. The van der Waals surface area contributed by atoms with Gasteiger partial charge in [-0.05, 0) is 19.3 Å². The number of hydrogen-bond acceptors (Lipinski definition) is 4. The number of aliphatic hydroxyl groups excluding tert-OH is 1. The predicted molar refractivity (Wildman–Crippen MR) is 66.3 cm³/mol. The minimum atomic E-state index is -0.332. The molecule has 2 atom stereocenters. The highest BCUT2D eigenvalue weighted by Gasteiger charge is 2.30. The van der Waals surface area contributed by atoms with Gasteiger partial charge in [0.1, 0.15) is 0 Å². The molecule has 2 fully saturated rings. The number of aromatic amines is 1. The fourth-order valence-corrected chi connectivity index (χ4v) is 3.17. The van der Waals surface area contributed by atoms with Crippen LogP contribution in [0.3, 0.4) is 0 Å². The Morgan fingerprint density at radius 1 is 1.28 bits per heavy atom. The lowest BCUT2D eigenvalue weighted by atomic mass is 9.95. The zero-order valence-corrected chi connectivity index (χ0v) is 10.4. The van der Waals surface area contributed by atoms with Gasteiger partial charge in [-0.1, -0.05) is 19.3 Å². The average molecular weight is 252 g/mol. The summed E-state index contributed by atoms with van der Waals surface area (Å²) in [5.41, 5.74) is -0.111. The van der Waals surface area contributed by atoms with Crippen molar-refractivity contribution in [2.45, 2.75) is 56.7 Å². The highest BCUT2D eigenvalue weighted by atomic mass is 16.3. The van der Waals surface area contributed by atoms with Crippen LogP contribution in [0, 0.1) is 0 Å². The Bertz CT molecular complexity index is 461. The second-order valence-electron chi connectivity index (χ2n) is 5.40. The smallest absolute Gasteiger partial charge is 0.343 e. The van der Waals surface area contributed by atoms with Crippen LogP contribution >= 0.6 is 0 Å². The van der Waals surface area contributed by atoms with E-state index in [1.165, 1.54) is 19.3 Å². The van der Waals surface area contributed by atoms with Gasteiger partial charge >= 0.3 is 5.69 Å². The van der Waals surface area contributed by atoms with E-state index in [1.807, 2.05) is 4.57 Å². The fraction of sp³-hybridized carbons (Fsp3) is 0.833. The number of nitrogens with one attached hydrogen (secondary N) is 2. The molecule has 1 aromatic heterocycles. The summed E-state index contributed by atoms with van der Waals surface area (Å²) in [7, 11) is 0. The Morgan fingerprint density at radius 3 is 2.72 bits per heavy atom. The molecule has 0 bridgehead atoms. The van der Waals surface area contributed by atoms with Crippen molar-refractivity contribution in [1.82, 2.24) is 20.1 Å². The summed E-state index contributed by atoms with van der Waals surface area (Å²) in [6.07, 6.45) is 6.05. The summed E-state index contributed by atoms with van der Waals surface area (Å²) in [4.78, 5) is 11.9. The number of aliphatic hydroxyl groups is 1. The molecule has 6 nitrogen and oxygen atoms in total. The third kappa shape index (κ3) is 2.10. The summed E-state index contributed by atoms with van der Waals surface area (Å²) < 4.78 is 1.81. The maximum Gasteiger partial charge on any atom is 0.343 e. The van der Waals surface area contributed by atoms with Crippen LogP contribution in [-0.4, -0.2) is 32.5 Å². The van der Waals surface area contributed by atoms with Crippen LogP contribution in [0.4, 0.5) is 0 Å². The van der Waals surface area contributed by atoms with Gasteiger partial charge in [-0.3, -0.25) is 4.57 Å². The van der Waals surface area contributed by atoms with Gasteiger partial charge in [-0.15, -0.1) is 0 Å². The molecule has 3 N–H and O–H groups in total. The predicted octanol–water partition coefficient (Wildman–Crippen LogP) is 0.472. The van der Waals surface area contributed by atoms with Gasteiger partial charge in [0.15, 0.2) is 5.82 Å². The van der Waals surface area contributed by atoms with Crippen molar-refractivity contribution >= 4 is 0 Å². The zero-order valence-electron chi connectivity index (χ0n) is 10.4. The molecule has 3 rings (SSSR count). The number of hydrogen-bond donors (Lipinski definition) is 3. The van der Waals surface area contributed by atoms with E-state index in [0.717, 1.165) is 18.7 Å². The van der Waals surface area contributed by atoms with Crippen molar-refractivity contribution in [3.05, 3.63) is 16.3 Å². The van der Waals surface area contributed by atoms with Gasteiger partial charge in [-0.25, -0.2) is 9.89 Å². The molecule has 0 amide bonds. The van der Waals surface area contributed by atoms with Gasteiger partial charge < -0.3 is 10.4 Å². The molecule has 6 heteroatoms. The van der Waals surface area contributed by atoms with E-state index in [1.54, 1.807) is 0 Å².